The summed E-state index contributed by atoms with van der Waals surface area (Å²) in [6, 6.07) is 9.62. The van der Waals surface area contributed by atoms with Crippen LogP contribution in [0.2, 0.25) is 0 Å². The number of rotatable bonds is 4. The molecule has 1 aromatic carbocycles. The summed E-state index contributed by atoms with van der Waals surface area (Å²) in [5, 5.41) is 9.18. The number of aliphatic hydroxyl groups is 1. The molecule has 0 radical (unpaired) electrons. The highest BCUT2D eigenvalue weighted by Crippen LogP contribution is 2.32. The zero-order valence-electron chi connectivity index (χ0n) is 8.36. The molecule has 0 aromatic heterocycles. The average Bonchev–Trinajstić information content (AvgIpc) is 2.19. The molecule has 76 valence electrons. The molecule has 0 fully saturated rings. The molecule has 0 amide bonds. The van der Waals surface area contributed by atoms with Gasteiger partial charge in [-0.25, -0.2) is 0 Å². The number of ketones is 1. The number of thioether (sulfide) groups is 1. The molecule has 14 heavy (non-hydrogen) atoms. The van der Waals surface area contributed by atoms with Crippen molar-refractivity contribution >= 4 is 17.5 Å². The van der Waals surface area contributed by atoms with Crippen LogP contribution in [-0.2, 0) is 4.79 Å². The lowest BCUT2D eigenvalue weighted by Crippen LogP contribution is -2.33. The largest absolute Gasteiger partial charge is 0.394 e. The molecular formula is C11H14O2S. The van der Waals surface area contributed by atoms with Crippen LogP contribution >= 0.6 is 11.8 Å². The van der Waals surface area contributed by atoms with Crippen molar-refractivity contribution < 1.29 is 9.90 Å². The molecule has 0 bridgehead atoms. The summed E-state index contributed by atoms with van der Waals surface area (Å²) in [4.78, 5) is 12.3. The van der Waals surface area contributed by atoms with Gasteiger partial charge in [0.1, 0.15) is 5.78 Å². The van der Waals surface area contributed by atoms with Crippen molar-refractivity contribution in [3.8, 4) is 0 Å². The molecule has 1 rings (SSSR count). The standard InChI is InChI=1S/C11H14O2S/c1-9(13)11(2,8-12)14-10-6-4-3-5-7-10/h3-7,12H,8H2,1-2H3. The summed E-state index contributed by atoms with van der Waals surface area (Å²) in [6.45, 7) is 3.13. The molecule has 1 N–H and O–H groups in total. The fraction of sp³-hybridized carbons (Fsp3) is 0.364. The maximum atomic E-state index is 11.3. The number of carbonyl (C=O) groups excluding carboxylic acids is 1. The maximum absolute atomic E-state index is 11.3. The van der Waals surface area contributed by atoms with Gasteiger partial charge in [-0.15, -0.1) is 11.8 Å². The molecule has 0 saturated carbocycles. The Bertz CT molecular complexity index is 310. The van der Waals surface area contributed by atoms with Gasteiger partial charge in [-0.05, 0) is 26.0 Å². The molecular weight excluding hydrogens is 196 g/mol. The lowest BCUT2D eigenvalue weighted by atomic mass is 10.1. The second-order valence-corrected chi connectivity index (χ2v) is 4.94. The van der Waals surface area contributed by atoms with Crippen LogP contribution < -0.4 is 0 Å². The van der Waals surface area contributed by atoms with Gasteiger partial charge in [-0.1, -0.05) is 18.2 Å². The van der Waals surface area contributed by atoms with Crippen molar-refractivity contribution in [2.75, 3.05) is 6.61 Å². The maximum Gasteiger partial charge on any atom is 0.148 e. The van der Waals surface area contributed by atoms with Gasteiger partial charge in [0, 0.05) is 4.90 Å². The fourth-order valence-corrected chi connectivity index (χ4v) is 1.99. The lowest BCUT2D eigenvalue weighted by Gasteiger charge is -2.23. The van der Waals surface area contributed by atoms with Gasteiger partial charge < -0.3 is 5.11 Å². The van der Waals surface area contributed by atoms with E-state index < -0.39 is 4.75 Å². The van der Waals surface area contributed by atoms with E-state index in [4.69, 9.17) is 0 Å². The molecule has 3 heteroatoms. The van der Waals surface area contributed by atoms with Crippen molar-refractivity contribution in [3.05, 3.63) is 30.3 Å². The van der Waals surface area contributed by atoms with Gasteiger partial charge in [-0.3, -0.25) is 4.79 Å². The summed E-state index contributed by atoms with van der Waals surface area (Å²) in [5.41, 5.74) is 0. The van der Waals surface area contributed by atoms with Gasteiger partial charge in [0.2, 0.25) is 0 Å². The second kappa shape index (κ2) is 4.62. The molecule has 0 aliphatic rings. The predicted octanol–water partition coefficient (Wildman–Crippen LogP) is 2.12. The zero-order chi connectivity index (χ0) is 10.6. The van der Waals surface area contributed by atoms with Crippen molar-refractivity contribution in [3.63, 3.8) is 0 Å². The molecule has 1 atom stereocenters. The number of carbonyl (C=O) groups is 1. The topological polar surface area (TPSA) is 37.3 Å². The Hall–Kier alpha value is -0.800. The molecule has 0 heterocycles. The highest BCUT2D eigenvalue weighted by molar-refractivity contribution is 8.01. The van der Waals surface area contributed by atoms with Gasteiger partial charge in [0.15, 0.2) is 0 Å². The summed E-state index contributed by atoms with van der Waals surface area (Å²) < 4.78 is -0.721. The van der Waals surface area contributed by atoms with Crippen LogP contribution in [-0.4, -0.2) is 22.2 Å². The summed E-state index contributed by atoms with van der Waals surface area (Å²) in [6.07, 6.45) is 0. The predicted molar refractivity (Wildman–Crippen MR) is 58.5 cm³/mol. The third-order valence-corrected chi connectivity index (χ3v) is 3.51. The molecule has 1 aromatic rings. The molecule has 0 saturated heterocycles. The molecule has 0 aliphatic heterocycles. The van der Waals surface area contributed by atoms with E-state index in [1.165, 1.54) is 18.7 Å². The van der Waals surface area contributed by atoms with E-state index in [0.29, 0.717) is 0 Å². The van der Waals surface area contributed by atoms with E-state index in [-0.39, 0.29) is 12.4 Å². The molecule has 2 nitrogen and oxygen atoms in total. The van der Waals surface area contributed by atoms with Crippen LogP contribution in [0.25, 0.3) is 0 Å². The van der Waals surface area contributed by atoms with Gasteiger partial charge in [0.25, 0.3) is 0 Å². The van der Waals surface area contributed by atoms with E-state index in [2.05, 4.69) is 0 Å². The van der Waals surface area contributed by atoms with Gasteiger partial charge in [0.05, 0.1) is 11.4 Å². The normalized spacial score (nSPS) is 14.8. The van der Waals surface area contributed by atoms with Crippen LogP contribution in [0.3, 0.4) is 0 Å². The monoisotopic (exact) mass is 210 g/mol. The number of hydrogen-bond donors (Lipinski definition) is 1. The van der Waals surface area contributed by atoms with Crippen LogP contribution in [0.15, 0.2) is 35.2 Å². The van der Waals surface area contributed by atoms with Gasteiger partial charge in [-0.2, -0.15) is 0 Å². The highest BCUT2D eigenvalue weighted by Gasteiger charge is 2.30. The van der Waals surface area contributed by atoms with Crippen molar-refractivity contribution in [2.45, 2.75) is 23.5 Å². The summed E-state index contributed by atoms with van der Waals surface area (Å²) in [7, 11) is 0. The van der Waals surface area contributed by atoms with Crippen LogP contribution in [0, 0.1) is 0 Å². The summed E-state index contributed by atoms with van der Waals surface area (Å²) >= 11 is 1.40. The second-order valence-electron chi connectivity index (χ2n) is 3.36. The Morgan fingerprint density at radius 3 is 2.43 bits per heavy atom. The van der Waals surface area contributed by atoms with E-state index in [1.54, 1.807) is 6.92 Å². The summed E-state index contributed by atoms with van der Waals surface area (Å²) in [5.74, 6) is -0.00569. The van der Waals surface area contributed by atoms with Crippen LogP contribution in [0.1, 0.15) is 13.8 Å². The molecule has 0 aliphatic carbocycles. The van der Waals surface area contributed by atoms with Crippen molar-refractivity contribution in [1.82, 2.24) is 0 Å². The van der Waals surface area contributed by atoms with E-state index in [9.17, 15) is 9.90 Å². The number of aliphatic hydroxyl groups excluding tert-OH is 1. The lowest BCUT2D eigenvalue weighted by molar-refractivity contribution is -0.119. The minimum absolute atomic E-state index is 0.00569. The first kappa shape index (κ1) is 11.3. The Balaban J connectivity index is 2.81. The minimum Gasteiger partial charge on any atom is -0.394 e. The average molecular weight is 210 g/mol. The third-order valence-electron chi connectivity index (χ3n) is 2.13. The zero-order valence-corrected chi connectivity index (χ0v) is 9.17. The number of Topliss-reactive ketones (excluding diaryl/α,β-unsaturated/α-hetero) is 1. The van der Waals surface area contributed by atoms with E-state index >= 15 is 0 Å². The fourth-order valence-electron chi connectivity index (χ4n) is 0.964. The first-order chi connectivity index (χ1) is 6.58. The Labute approximate surface area is 88.3 Å². The quantitative estimate of drug-likeness (QED) is 0.773. The van der Waals surface area contributed by atoms with Crippen molar-refractivity contribution in [1.29, 1.82) is 0 Å². The SMILES string of the molecule is CC(=O)C(C)(CO)Sc1ccccc1. The van der Waals surface area contributed by atoms with Crippen molar-refractivity contribution in [2.24, 2.45) is 0 Å². The van der Waals surface area contributed by atoms with Crippen LogP contribution in [0.4, 0.5) is 0 Å². The Morgan fingerprint density at radius 1 is 1.43 bits per heavy atom. The Kier molecular flexibility index (Phi) is 3.72. The van der Waals surface area contributed by atoms with E-state index in [0.717, 1.165) is 4.90 Å². The Morgan fingerprint density at radius 2 is 2.00 bits per heavy atom. The highest BCUT2D eigenvalue weighted by atomic mass is 32.2. The third kappa shape index (κ3) is 2.59. The smallest absolute Gasteiger partial charge is 0.148 e. The van der Waals surface area contributed by atoms with E-state index in [1.807, 2.05) is 30.3 Å². The van der Waals surface area contributed by atoms with Crippen LogP contribution in [0.5, 0.6) is 0 Å². The number of benzene rings is 1. The van der Waals surface area contributed by atoms with Gasteiger partial charge >= 0.3 is 0 Å². The number of hydrogen-bond acceptors (Lipinski definition) is 3. The first-order valence-corrected chi connectivity index (χ1v) is 5.26. The molecule has 1 unspecified atom stereocenters. The minimum atomic E-state index is -0.721. The molecule has 0 spiro atoms. The first-order valence-electron chi connectivity index (χ1n) is 4.44.